The molecule has 1 aromatic rings. The van der Waals surface area contributed by atoms with Crippen LogP contribution in [0.4, 0.5) is 0 Å². The van der Waals surface area contributed by atoms with E-state index in [4.69, 9.17) is 6.42 Å². The molecule has 1 rings (SSSR count). The maximum absolute atomic E-state index is 9.23. The molecule has 0 amide bonds. The van der Waals surface area contributed by atoms with Crippen molar-refractivity contribution >= 4 is 0 Å². The molecule has 74 valence electrons. The molecule has 0 fully saturated rings. The molecule has 0 aromatic heterocycles. The Bertz CT molecular complexity index is 350. The topological polar surface area (TPSA) is 32.3 Å². The Kier molecular flexibility index (Phi) is 3.16. The highest BCUT2D eigenvalue weighted by Gasteiger charge is 2.11. The Labute approximate surface area is 85.0 Å². The number of terminal acetylenes is 1. The molecular formula is C12H15NO. The summed E-state index contributed by atoms with van der Waals surface area (Å²) in [6.07, 6.45) is 5.34. The second-order valence-corrected chi connectivity index (χ2v) is 3.79. The summed E-state index contributed by atoms with van der Waals surface area (Å²) in [5.74, 6) is 2.93. The number of phenols is 1. The van der Waals surface area contributed by atoms with Crippen molar-refractivity contribution in [2.24, 2.45) is 0 Å². The van der Waals surface area contributed by atoms with E-state index >= 15 is 0 Å². The maximum atomic E-state index is 9.23. The molecule has 0 unspecified atom stereocenters. The van der Waals surface area contributed by atoms with Crippen LogP contribution in [0.15, 0.2) is 24.3 Å². The number of phenolic OH excluding ortho intramolecular Hbond substituents is 1. The number of hydrogen-bond donors (Lipinski definition) is 2. The van der Waals surface area contributed by atoms with Gasteiger partial charge in [0.15, 0.2) is 0 Å². The number of aromatic hydroxyl groups is 1. The molecule has 1 aromatic carbocycles. The zero-order valence-corrected chi connectivity index (χ0v) is 8.54. The zero-order chi connectivity index (χ0) is 10.6. The van der Waals surface area contributed by atoms with Crippen molar-refractivity contribution < 1.29 is 5.11 Å². The van der Waals surface area contributed by atoms with E-state index in [1.54, 1.807) is 12.1 Å². The normalized spacial score (nSPS) is 10.9. The molecule has 0 aliphatic heterocycles. The van der Waals surface area contributed by atoms with Gasteiger partial charge in [-0.05, 0) is 31.5 Å². The van der Waals surface area contributed by atoms with Crippen molar-refractivity contribution in [2.45, 2.75) is 25.9 Å². The first-order chi connectivity index (χ1) is 6.53. The van der Waals surface area contributed by atoms with Gasteiger partial charge in [-0.15, -0.1) is 6.42 Å². The molecular weight excluding hydrogens is 174 g/mol. The summed E-state index contributed by atoms with van der Waals surface area (Å²) in [5, 5.41) is 12.4. The van der Waals surface area contributed by atoms with Crippen LogP contribution in [0.2, 0.25) is 0 Å². The fourth-order valence-corrected chi connectivity index (χ4v) is 1.04. The van der Waals surface area contributed by atoms with Gasteiger partial charge in [-0.1, -0.05) is 18.1 Å². The molecule has 2 heteroatoms. The van der Waals surface area contributed by atoms with Crippen molar-refractivity contribution in [3.63, 3.8) is 0 Å². The third-order valence-corrected chi connectivity index (χ3v) is 2.01. The van der Waals surface area contributed by atoms with Crippen LogP contribution in [-0.4, -0.2) is 10.6 Å². The maximum Gasteiger partial charge on any atom is 0.115 e. The van der Waals surface area contributed by atoms with Gasteiger partial charge in [0.25, 0.3) is 0 Å². The summed E-state index contributed by atoms with van der Waals surface area (Å²) in [6.45, 7) is 4.54. The quantitative estimate of drug-likeness (QED) is 0.712. The van der Waals surface area contributed by atoms with E-state index in [2.05, 4.69) is 11.2 Å². The fourth-order valence-electron chi connectivity index (χ4n) is 1.04. The molecule has 0 atom stereocenters. The highest BCUT2D eigenvalue weighted by atomic mass is 16.3. The van der Waals surface area contributed by atoms with Gasteiger partial charge in [0.1, 0.15) is 5.75 Å². The van der Waals surface area contributed by atoms with Crippen LogP contribution < -0.4 is 5.32 Å². The predicted molar refractivity (Wildman–Crippen MR) is 57.9 cm³/mol. The van der Waals surface area contributed by atoms with Crippen LogP contribution >= 0.6 is 0 Å². The first-order valence-electron chi connectivity index (χ1n) is 4.54. The number of benzene rings is 1. The average Bonchev–Trinajstić information content (AvgIpc) is 2.15. The highest BCUT2D eigenvalue weighted by molar-refractivity contribution is 5.27. The van der Waals surface area contributed by atoms with Crippen LogP contribution in [0, 0.1) is 12.3 Å². The molecule has 0 saturated heterocycles. The second kappa shape index (κ2) is 4.17. The summed E-state index contributed by atoms with van der Waals surface area (Å²) in [7, 11) is 0. The summed E-state index contributed by atoms with van der Waals surface area (Å²) in [4.78, 5) is 0. The lowest BCUT2D eigenvalue weighted by molar-refractivity contribution is 0.469. The minimum Gasteiger partial charge on any atom is -0.508 e. The van der Waals surface area contributed by atoms with E-state index < -0.39 is 0 Å². The van der Waals surface area contributed by atoms with Crippen LogP contribution in [0.3, 0.4) is 0 Å². The Hall–Kier alpha value is -1.46. The van der Waals surface area contributed by atoms with Gasteiger partial charge in [-0.2, -0.15) is 0 Å². The third-order valence-electron chi connectivity index (χ3n) is 2.01. The molecule has 2 N–H and O–H groups in total. The Morgan fingerprint density at radius 3 is 2.79 bits per heavy atom. The fraction of sp³-hybridized carbons (Fsp3) is 0.333. The van der Waals surface area contributed by atoms with E-state index in [1.807, 2.05) is 26.0 Å². The number of hydrogen-bond acceptors (Lipinski definition) is 2. The summed E-state index contributed by atoms with van der Waals surface area (Å²) < 4.78 is 0. The van der Waals surface area contributed by atoms with Gasteiger partial charge < -0.3 is 5.11 Å². The lowest BCUT2D eigenvalue weighted by Gasteiger charge is -2.19. The average molecular weight is 189 g/mol. The van der Waals surface area contributed by atoms with Crippen LogP contribution in [-0.2, 0) is 6.54 Å². The van der Waals surface area contributed by atoms with Crippen LogP contribution in [0.25, 0.3) is 0 Å². The van der Waals surface area contributed by atoms with Crippen molar-refractivity contribution in [3.05, 3.63) is 29.8 Å². The standard InChI is InChI=1S/C12H15NO/c1-4-12(2,3)13-9-10-6-5-7-11(14)8-10/h1,5-8,13-14H,9H2,2-3H3. The molecule has 0 heterocycles. The Morgan fingerprint density at radius 1 is 1.50 bits per heavy atom. The number of rotatable bonds is 3. The summed E-state index contributed by atoms with van der Waals surface area (Å²) in [6, 6.07) is 7.13. The molecule has 0 aliphatic carbocycles. The molecule has 0 bridgehead atoms. The molecule has 0 aliphatic rings. The SMILES string of the molecule is C#CC(C)(C)NCc1cccc(O)c1. The van der Waals surface area contributed by atoms with E-state index in [1.165, 1.54) is 0 Å². The molecule has 0 saturated carbocycles. The van der Waals surface area contributed by atoms with Crippen LogP contribution in [0.1, 0.15) is 19.4 Å². The Morgan fingerprint density at radius 2 is 2.21 bits per heavy atom. The molecule has 2 nitrogen and oxygen atoms in total. The number of nitrogens with one attached hydrogen (secondary N) is 1. The zero-order valence-electron chi connectivity index (χ0n) is 8.54. The van der Waals surface area contributed by atoms with Crippen molar-refractivity contribution in [3.8, 4) is 18.1 Å². The monoisotopic (exact) mass is 189 g/mol. The van der Waals surface area contributed by atoms with Crippen LogP contribution in [0.5, 0.6) is 5.75 Å². The first kappa shape index (κ1) is 10.6. The molecule has 14 heavy (non-hydrogen) atoms. The predicted octanol–water partition coefficient (Wildman–Crippen LogP) is 1.89. The van der Waals surface area contributed by atoms with Crippen molar-refractivity contribution in [1.29, 1.82) is 0 Å². The molecule has 0 spiro atoms. The Balaban J connectivity index is 2.59. The van der Waals surface area contributed by atoms with E-state index in [0.717, 1.165) is 5.56 Å². The van der Waals surface area contributed by atoms with Gasteiger partial charge in [0.2, 0.25) is 0 Å². The first-order valence-corrected chi connectivity index (χ1v) is 4.54. The minimum absolute atomic E-state index is 0.280. The summed E-state index contributed by atoms with van der Waals surface area (Å²) in [5.41, 5.74) is 0.708. The van der Waals surface area contributed by atoms with E-state index in [-0.39, 0.29) is 11.3 Å². The van der Waals surface area contributed by atoms with Crippen molar-refractivity contribution in [1.82, 2.24) is 5.32 Å². The minimum atomic E-state index is -0.314. The van der Waals surface area contributed by atoms with E-state index in [0.29, 0.717) is 6.54 Å². The van der Waals surface area contributed by atoms with Gasteiger partial charge in [-0.25, -0.2) is 0 Å². The third kappa shape index (κ3) is 3.12. The highest BCUT2D eigenvalue weighted by Crippen LogP contribution is 2.11. The van der Waals surface area contributed by atoms with Gasteiger partial charge >= 0.3 is 0 Å². The van der Waals surface area contributed by atoms with E-state index in [9.17, 15) is 5.11 Å². The van der Waals surface area contributed by atoms with Gasteiger partial charge in [0, 0.05) is 6.54 Å². The smallest absolute Gasteiger partial charge is 0.115 e. The largest absolute Gasteiger partial charge is 0.508 e. The van der Waals surface area contributed by atoms with Gasteiger partial charge in [-0.3, -0.25) is 5.32 Å². The molecule has 0 radical (unpaired) electrons. The lowest BCUT2D eigenvalue weighted by atomic mass is 10.1. The summed E-state index contributed by atoms with van der Waals surface area (Å²) >= 11 is 0. The van der Waals surface area contributed by atoms with Gasteiger partial charge in [0.05, 0.1) is 5.54 Å². The van der Waals surface area contributed by atoms with Crippen molar-refractivity contribution in [2.75, 3.05) is 0 Å². The lowest BCUT2D eigenvalue weighted by Crippen LogP contribution is -2.36. The second-order valence-electron chi connectivity index (χ2n) is 3.79.